The largest absolute Gasteiger partial charge is 0.347 e. The minimum Gasteiger partial charge on any atom is -0.347 e. The van der Waals surface area contributed by atoms with Crippen LogP contribution < -0.4 is 0 Å². The summed E-state index contributed by atoms with van der Waals surface area (Å²) in [6.07, 6.45) is 5.37. The molecule has 0 aliphatic heterocycles. The maximum absolute atomic E-state index is 12.6. The van der Waals surface area contributed by atoms with Gasteiger partial charge in [-0.1, -0.05) is 30.3 Å². The molecule has 1 amide bonds. The highest BCUT2D eigenvalue weighted by molar-refractivity contribution is 5.91. The van der Waals surface area contributed by atoms with Gasteiger partial charge in [-0.3, -0.25) is 4.79 Å². The van der Waals surface area contributed by atoms with Gasteiger partial charge in [0, 0.05) is 19.4 Å². The average molecular weight is 255 g/mol. The van der Waals surface area contributed by atoms with Gasteiger partial charge in [0.2, 0.25) is 5.91 Å². The summed E-state index contributed by atoms with van der Waals surface area (Å²) >= 11 is 0. The smallest absolute Gasteiger partial charge is 0.233 e. The van der Waals surface area contributed by atoms with E-state index >= 15 is 0 Å². The van der Waals surface area contributed by atoms with Crippen molar-refractivity contribution in [1.29, 1.82) is 0 Å². The number of aromatic amines is 1. The molecule has 1 heterocycles. The van der Waals surface area contributed by atoms with Crippen LogP contribution in [0.2, 0.25) is 0 Å². The van der Waals surface area contributed by atoms with Gasteiger partial charge in [-0.15, -0.1) is 0 Å². The number of carbonyl (C=O) groups is 1. The topological polar surface area (TPSA) is 49.0 Å². The molecule has 1 aromatic carbocycles. The predicted octanol–water partition coefficient (Wildman–Crippen LogP) is 2.10. The van der Waals surface area contributed by atoms with E-state index in [1.807, 2.05) is 37.4 Å². The molecule has 98 valence electrons. The minimum atomic E-state index is -0.289. The molecule has 0 radical (unpaired) electrons. The van der Waals surface area contributed by atoms with Crippen molar-refractivity contribution >= 4 is 5.91 Å². The third-order valence-electron chi connectivity index (χ3n) is 3.77. The molecule has 1 saturated carbocycles. The minimum absolute atomic E-state index is 0.190. The van der Waals surface area contributed by atoms with E-state index < -0.39 is 0 Å². The Morgan fingerprint density at radius 2 is 2.11 bits per heavy atom. The summed E-state index contributed by atoms with van der Waals surface area (Å²) in [5.74, 6) is 1.01. The Kier molecular flexibility index (Phi) is 2.85. The van der Waals surface area contributed by atoms with Crippen molar-refractivity contribution in [1.82, 2.24) is 14.9 Å². The number of carbonyl (C=O) groups excluding carboxylic acids is 1. The molecule has 0 spiro atoms. The van der Waals surface area contributed by atoms with Gasteiger partial charge >= 0.3 is 0 Å². The normalized spacial score (nSPS) is 16.1. The second-order valence-electron chi connectivity index (χ2n) is 5.15. The monoisotopic (exact) mass is 255 g/mol. The Labute approximate surface area is 112 Å². The van der Waals surface area contributed by atoms with Gasteiger partial charge in [0.05, 0.1) is 12.0 Å². The van der Waals surface area contributed by atoms with Crippen LogP contribution in [0.5, 0.6) is 0 Å². The molecule has 2 aromatic rings. The standard InChI is InChI=1S/C15H17N3O/c1-18(11-13-16-9-10-17-13)14(19)15(7-8-15)12-5-3-2-4-6-12/h2-6,9-10H,7-8,11H2,1H3,(H,16,17). The van der Waals surface area contributed by atoms with Gasteiger partial charge in [0.1, 0.15) is 5.82 Å². The van der Waals surface area contributed by atoms with Crippen molar-refractivity contribution in [2.45, 2.75) is 24.8 Å². The molecule has 3 rings (SSSR count). The van der Waals surface area contributed by atoms with Gasteiger partial charge in [-0.05, 0) is 18.4 Å². The average Bonchev–Trinajstić information content (AvgIpc) is 3.11. The van der Waals surface area contributed by atoms with E-state index in [0.717, 1.165) is 24.2 Å². The lowest BCUT2D eigenvalue weighted by Crippen LogP contribution is -2.36. The molecule has 0 saturated heterocycles. The van der Waals surface area contributed by atoms with E-state index in [-0.39, 0.29) is 11.3 Å². The Balaban J connectivity index is 1.77. The predicted molar refractivity (Wildman–Crippen MR) is 72.4 cm³/mol. The second-order valence-corrected chi connectivity index (χ2v) is 5.15. The fraction of sp³-hybridized carbons (Fsp3) is 0.333. The first-order valence-corrected chi connectivity index (χ1v) is 6.52. The molecule has 0 unspecified atom stereocenters. The van der Waals surface area contributed by atoms with Crippen LogP contribution in [0, 0.1) is 0 Å². The van der Waals surface area contributed by atoms with Crippen LogP contribution in [0.1, 0.15) is 24.2 Å². The Morgan fingerprint density at radius 1 is 1.37 bits per heavy atom. The van der Waals surface area contributed by atoms with Crippen molar-refractivity contribution in [3.05, 3.63) is 54.1 Å². The van der Waals surface area contributed by atoms with Gasteiger partial charge < -0.3 is 9.88 Å². The van der Waals surface area contributed by atoms with Crippen LogP contribution >= 0.6 is 0 Å². The Hall–Kier alpha value is -2.10. The molecule has 4 nitrogen and oxygen atoms in total. The molecule has 1 aliphatic rings. The first kappa shape index (κ1) is 12.0. The van der Waals surface area contributed by atoms with Crippen molar-refractivity contribution in [3.8, 4) is 0 Å². The fourth-order valence-electron chi connectivity index (χ4n) is 2.55. The number of rotatable bonds is 4. The lowest BCUT2D eigenvalue weighted by Gasteiger charge is -2.23. The maximum atomic E-state index is 12.6. The lowest BCUT2D eigenvalue weighted by molar-refractivity contribution is -0.133. The number of benzene rings is 1. The molecule has 1 N–H and O–H groups in total. The molecule has 4 heteroatoms. The van der Waals surface area contributed by atoms with E-state index in [4.69, 9.17) is 0 Å². The van der Waals surface area contributed by atoms with Gasteiger partial charge in [0.15, 0.2) is 0 Å². The van der Waals surface area contributed by atoms with Crippen LogP contribution in [-0.2, 0) is 16.8 Å². The first-order valence-electron chi connectivity index (χ1n) is 6.52. The van der Waals surface area contributed by atoms with Crippen LogP contribution in [0.4, 0.5) is 0 Å². The highest BCUT2D eigenvalue weighted by atomic mass is 16.2. The number of hydrogen-bond acceptors (Lipinski definition) is 2. The molecule has 1 aromatic heterocycles. The molecule has 0 bridgehead atoms. The first-order chi connectivity index (χ1) is 9.22. The van der Waals surface area contributed by atoms with Crippen molar-refractivity contribution in [2.75, 3.05) is 7.05 Å². The summed E-state index contributed by atoms with van der Waals surface area (Å²) in [5.41, 5.74) is 0.842. The molecule has 1 fully saturated rings. The summed E-state index contributed by atoms with van der Waals surface area (Å²) in [4.78, 5) is 21.6. The Morgan fingerprint density at radius 3 is 2.68 bits per heavy atom. The van der Waals surface area contributed by atoms with E-state index in [9.17, 15) is 4.79 Å². The highest BCUT2D eigenvalue weighted by Crippen LogP contribution is 2.49. The van der Waals surface area contributed by atoms with E-state index in [0.29, 0.717) is 6.54 Å². The number of amides is 1. The number of H-pyrrole nitrogens is 1. The molecule has 19 heavy (non-hydrogen) atoms. The Bertz CT molecular complexity index is 558. The molecular weight excluding hydrogens is 238 g/mol. The lowest BCUT2D eigenvalue weighted by atomic mass is 9.94. The summed E-state index contributed by atoms with van der Waals surface area (Å²) in [6.45, 7) is 0.528. The quantitative estimate of drug-likeness (QED) is 0.909. The number of imidazole rings is 1. The SMILES string of the molecule is CN(Cc1ncc[nH]1)C(=O)C1(c2ccccc2)CC1. The van der Waals surface area contributed by atoms with Gasteiger partial charge in [-0.25, -0.2) is 4.98 Å². The van der Waals surface area contributed by atoms with E-state index in [1.165, 1.54) is 0 Å². The van der Waals surface area contributed by atoms with Crippen LogP contribution in [-0.4, -0.2) is 27.8 Å². The van der Waals surface area contributed by atoms with Crippen molar-refractivity contribution in [3.63, 3.8) is 0 Å². The number of aromatic nitrogens is 2. The number of likely N-dealkylation sites (N-methyl/N-ethyl adjacent to an activating group) is 1. The third-order valence-corrected chi connectivity index (χ3v) is 3.77. The third kappa shape index (κ3) is 2.14. The molecule has 0 atom stereocenters. The summed E-state index contributed by atoms with van der Waals surface area (Å²) in [5, 5.41) is 0. The van der Waals surface area contributed by atoms with Gasteiger partial charge in [0.25, 0.3) is 0 Å². The van der Waals surface area contributed by atoms with Gasteiger partial charge in [-0.2, -0.15) is 0 Å². The number of nitrogens with zero attached hydrogens (tertiary/aromatic N) is 2. The van der Waals surface area contributed by atoms with Crippen LogP contribution in [0.25, 0.3) is 0 Å². The van der Waals surface area contributed by atoms with Crippen LogP contribution in [0.3, 0.4) is 0 Å². The zero-order valence-electron chi connectivity index (χ0n) is 11.0. The second kappa shape index (κ2) is 4.53. The molecule has 1 aliphatic carbocycles. The zero-order chi connectivity index (χ0) is 13.3. The highest BCUT2D eigenvalue weighted by Gasteiger charge is 2.52. The summed E-state index contributed by atoms with van der Waals surface area (Å²) < 4.78 is 0. The molecular formula is C15H17N3O. The maximum Gasteiger partial charge on any atom is 0.233 e. The number of nitrogens with one attached hydrogen (secondary N) is 1. The summed E-state index contributed by atoms with van der Waals surface area (Å²) in [6, 6.07) is 10.1. The van der Waals surface area contributed by atoms with Crippen molar-refractivity contribution < 1.29 is 4.79 Å². The summed E-state index contributed by atoms with van der Waals surface area (Å²) in [7, 11) is 1.84. The number of hydrogen-bond donors (Lipinski definition) is 1. The fourth-order valence-corrected chi connectivity index (χ4v) is 2.55. The van der Waals surface area contributed by atoms with Crippen LogP contribution in [0.15, 0.2) is 42.7 Å². The van der Waals surface area contributed by atoms with E-state index in [1.54, 1.807) is 17.3 Å². The van der Waals surface area contributed by atoms with E-state index in [2.05, 4.69) is 9.97 Å². The zero-order valence-corrected chi connectivity index (χ0v) is 11.0. The van der Waals surface area contributed by atoms with Crippen molar-refractivity contribution in [2.24, 2.45) is 0 Å².